The van der Waals surface area contributed by atoms with Crippen LogP contribution in [0.5, 0.6) is 0 Å². The van der Waals surface area contributed by atoms with Gasteiger partial charge in [-0.25, -0.2) is 12.8 Å². The van der Waals surface area contributed by atoms with Gasteiger partial charge < -0.3 is 5.32 Å². The lowest BCUT2D eigenvalue weighted by atomic mass is 9.82. The van der Waals surface area contributed by atoms with Crippen LogP contribution in [0.3, 0.4) is 0 Å². The summed E-state index contributed by atoms with van der Waals surface area (Å²) in [7, 11) is -3.85. The van der Waals surface area contributed by atoms with Crippen LogP contribution in [0.15, 0.2) is 53.4 Å². The second-order valence-electron chi connectivity index (χ2n) is 6.29. The molecule has 3 rings (SSSR count). The van der Waals surface area contributed by atoms with Crippen LogP contribution < -0.4 is 5.32 Å². The van der Waals surface area contributed by atoms with Crippen LogP contribution in [0.25, 0.3) is 0 Å². The third kappa shape index (κ3) is 3.44. The molecule has 1 aliphatic rings. The van der Waals surface area contributed by atoms with Gasteiger partial charge in [-0.2, -0.15) is 0 Å². The summed E-state index contributed by atoms with van der Waals surface area (Å²) in [6, 6.07) is 12.8. The van der Waals surface area contributed by atoms with Gasteiger partial charge >= 0.3 is 0 Å². The summed E-state index contributed by atoms with van der Waals surface area (Å²) in [4.78, 5) is 11.8. The van der Waals surface area contributed by atoms with Crippen LogP contribution in [0.1, 0.15) is 36.8 Å². The van der Waals surface area contributed by atoms with Gasteiger partial charge in [-0.15, -0.1) is 0 Å². The van der Waals surface area contributed by atoms with E-state index in [2.05, 4.69) is 5.32 Å². The van der Waals surface area contributed by atoms with E-state index < -0.39 is 32.9 Å². The Hall–Kier alpha value is -2.21. The highest BCUT2D eigenvalue weighted by molar-refractivity contribution is 7.92. The number of hydrogen-bond acceptors (Lipinski definition) is 3. The molecule has 0 aromatic heterocycles. The maximum Gasteiger partial charge on any atom is 0.217 e. The molecule has 0 saturated carbocycles. The molecule has 0 heterocycles. The van der Waals surface area contributed by atoms with Crippen molar-refractivity contribution in [2.75, 3.05) is 0 Å². The van der Waals surface area contributed by atoms with Crippen molar-refractivity contribution in [1.29, 1.82) is 0 Å². The molecular formula is C19H20FNO3S. The molecule has 2 unspecified atom stereocenters. The van der Waals surface area contributed by atoms with Crippen molar-refractivity contribution in [2.45, 2.75) is 42.4 Å². The number of hydrogen-bond donors (Lipinski definition) is 1. The fourth-order valence-electron chi connectivity index (χ4n) is 3.53. The van der Waals surface area contributed by atoms with E-state index in [-0.39, 0.29) is 4.90 Å². The van der Waals surface area contributed by atoms with Crippen molar-refractivity contribution in [2.24, 2.45) is 0 Å². The minimum Gasteiger partial charge on any atom is -0.339 e. The Morgan fingerprint density at radius 1 is 1.16 bits per heavy atom. The summed E-state index contributed by atoms with van der Waals surface area (Å²) in [5.74, 6) is -1.48. The topological polar surface area (TPSA) is 63.2 Å². The number of fused-ring (bicyclic) bond motifs is 1. The van der Waals surface area contributed by atoms with E-state index in [1.165, 1.54) is 25.1 Å². The molecule has 0 radical (unpaired) electrons. The Kier molecular flexibility index (Phi) is 4.90. The number of rotatable bonds is 4. The van der Waals surface area contributed by atoms with E-state index >= 15 is 0 Å². The maximum atomic E-state index is 14.5. The Labute approximate surface area is 147 Å². The predicted octanol–water partition coefficient (Wildman–Crippen LogP) is 3.18. The van der Waals surface area contributed by atoms with Crippen LogP contribution >= 0.6 is 0 Å². The van der Waals surface area contributed by atoms with Crippen LogP contribution in [-0.4, -0.2) is 19.7 Å². The van der Waals surface area contributed by atoms with Crippen LogP contribution in [0, 0.1) is 5.82 Å². The van der Waals surface area contributed by atoms with E-state index in [1.54, 1.807) is 24.3 Å². The minimum atomic E-state index is -3.85. The standard InChI is InChI=1S/C19H20FNO3S/c1-13(22)21-19(25(23,24)15-9-3-2-4-10-15)16-11-5-7-14-8-6-12-17(20)18(14)16/h2-4,6,8-10,12,16,19H,5,7,11H2,1H3,(H,21,22). The SMILES string of the molecule is CC(=O)NC(C1CCCc2cccc(F)c21)S(=O)(=O)c1ccccc1. The molecule has 0 bridgehead atoms. The normalized spacial score (nSPS) is 18.2. The molecule has 0 spiro atoms. The van der Waals surface area contributed by atoms with Crippen molar-refractivity contribution >= 4 is 15.7 Å². The average Bonchev–Trinajstić information content (AvgIpc) is 2.60. The van der Waals surface area contributed by atoms with E-state index in [0.29, 0.717) is 18.4 Å². The van der Waals surface area contributed by atoms with Crippen molar-refractivity contribution in [3.63, 3.8) is 0 Å². The largest absolute Gasteiger partial charge is 0.339 e. The molecule has 2 atom stereocenters. The smallest absolute Gasteiger partial charge is 0.217 e. The molecule has 132 valence electrons. The minimum absolute atomic E-state index is 0.122. The first-order chi connectivity index (χ1) is 11.9. The molecule has 2 aromatic rings. The number of nitrogens with one attached hydrogen (secondary N) is 1. The third-order valence-corrected chi connectivity index (χ3v) is 6.64. The Morgan fingerprint density at radius 3 is 2.56 bits per heavy atom. The second-order valence-corrected chi connectivity index (χ2v) is 8.36. The molecule has 1 aliphatic carbocycles. The molecule has 1 amide bonds. The molecule has 6 heteroatoms. The molecule has 4 nitrogen and oxygen atoms in total. The van der Waals surface area contributed by atoms with Gasteiger partial charge in [0.25, 0.3) is 0 Å². The first-order valence-corrected chi connectivity index (χ1v) is 9.79. The number of aryl methyl sites for hydroxylation is 1. The lowest BCUT2D eigenvalue weighted by Crippen LogP contribution is -2.45. The molecule has 25 heavy (non-hydrogen) atoms. The van der Waals surface area contributed by atoms with Gasteiger partial charge in [0, 0.05) is 12.8 Å². The van der Waals surface area contributed by atoms with Gasteiger partial charge in [-0.3, -0.25) is 4.79 Å². The molecule has 1 N–H and O–H groups in total. The zero-order chi connectivity index (χ0) is 18.0. The van der Waals surface area contributed by atoms with Gasteiger partial charge in [0.05, 0.1) is 4.90 Å². The monoisotopic (exact) mass is 361 g/mol. The summed E-state index contributed by atoms with van der Waals surface area (Å²) in [5, 5.41) is 1.37. The summed E-state index contributed by atoms with van der Waals surface area (Å²) >= 11 is 0. The number of sulfone groups is 1. The second kappa shape index (κ2) is 6.96. The quantitative estimate of drug-likeness (QED) is 0.910. The highest BCUT2D eigenvalue weighted by Gasteiger charge is 2.39. The summed E-state index contributed by atoms with van der Waals surface area (Å²) in [5.41, 5.74) is 1.22. The zero-order valence-electron chi connectivity index (χ0n) is 13.9. The summed E-state index contributed by atoms with van der Waals surface area (Å²) < 4.78 is 40.8. The lowest BCUT2D eigenvalue weighted by Gasteiger charge is -2.32. The number of halogens is 1. The van der Waals surface area contributed by atoms with Gasteiger partial charge in [0.1, 0.15) is 11.2 Å². The van der Waals surface area contributed by atoms with Crippen molar-refractivity contribution < 1.29 is 17.6 Å². The number of benzene rings is 2. The zero-order valence-corrected chi connectivity index (χ0v) is 14.7. The number of carbonyl (C=O) groups excluding carboxylic acids is 1. The van der Waals surface area contributed by atoms with Gasteiger partial charge in [0.15, 0.2) is 9.84 Å². The van der Waals surface area contributed by atoms with E-state index in [0.717, 1.165) is 12.0 Å². The highest BCUT2D eigenvalue weighted by Crippen LogP contribution is 2.38. The number of amides is 1. The fourth-order valence-corrected chi connectivity index (χ4v) is 5.38. The van der Waals surface area contributed by atoms with Crippen molar-refractivity contribution in [3.05, 3.63) is 65.5 Å². The molecule has 0 saturated heterocycles. The maximum absolute atomic E-state index is 14.5. The fraction of sp³-hybridized carbons (Fsp3) is 0.316. The van der Waals surface area contributed by atoms with Crippen LogP contribution in [0.2, 0.25) is 0 Å². The van der Waals surface area contributed by atoms with Crippen LogP contribution in [0.4, 0.5) is 4.39 Å². The van der Waals surface area contributed by atoms with Crippen molar-refractivity contribution in [1.82, 2.24) is 5.32 Å². The van der Waals surface area contributed by atoms with Crippen molar-refractivity contribution in [3.8, 4) is 0 Å². The number of carbonyl (C=O) groups is 1. The summed E-state index contributed by atoms with van der Waals surface area (Å²) in [6.45, 7) is 1.28. The van der Waals surface area contributed by atoms with E-state index in [9.17, 15) is 17.6 Å². The Bertz CT molecular complexity index is 881. The molecule has 0 aliphatic heterocycles. The third-order valence-electron chi connectivity index (χ3n) is 4.59. The Balaban J connectivity index is 2.12. The first-order valence-electron chi connectivity index (χ1n) is 8.24. The van der Waals surface area contributed by atoms with E-state index in [4.69, 9.17) is 0 Å². The lowest BCUT2D eigenvalue weighted by molar-refractivity contribution is -0.119. The highest BCUT2D eigenvalue weighted by atomic mass is 32.2. The van der Waals surface area contributed by atoms with Gasteiger partial charge in [-0.05, 0) is 48.6 Å². The van der Waals surface area contributed by atoms with Crippen LogP contribution in [-0.2, 0) is 21.1 Å². The predicted molar refractivity (Wildman–Crippen MR) is 93.3 cm³/mol. The van der Waals surface area contributed by atoms with E-state index in [1.807, 2.05) is 6.07 Å². The summed E-state index contributed by atoms with van der Waals surface area (Å²) in [6.07, 6.45) is 1.97. The van der Waals surface area contributed by atoms with Gasteiger partial charge in [-0.1, -0.05) is 30.3 Å². The average molecular weight is 361 g/mol. The molecular weight excluding hydrogens is 341 g/mol. The van der Waals surface area contributed by atoms with Gasteiger partial charge in [0.2, 0.25) is 5.91 Å². The Morgan fingerprint density at radius 2 is 1.88 bits per heavy atom. The molecule has 2 aromatic carbocycles. The molecule has 0 fully saturated rings. The first kappa shape index (κ1) is 17.6.